The van der Waals surface area contributed by atoms with Gasteiger partial charge in [-0.2, -0.15) is 0 Å². The Morgan fingerprint density at radius 1 is 1.33 bits per heavy atom. The normalized spacial score (nSPS) is 16.8. The van der Waals surface area contributed by atoms with Gasteiger partial charge in [0, 0.05) is 0 Å². The first-order valence-electron chi connectivity index (χ1n) is 5.55. The Kier molecular flexibility index (Phi) is 3.24. The molecule has 0 aromatic heterocycles. The van der Waals surface area contributed by atoms with Gasteiger partial charge in [-0.05, 0) is 30.2 Å². The second-order valence-electron chi connectivity index (χ2n) is 4.02. The van der Waals surface area contributed by atoms with Gasteiger partial charge in [0.25, 0.3) is 0 Å². The van der Waals surface area contributed by atoms with Crippen molar-refractivity contribution in [3.63, 3.8) is 0 Å². The molecule has 2 rings (SSSR count). The zero-order valence-electron chi connectivity index (χ0n) is 10.1. The van der Waals surface area contributed by atoms with E-state index in [-0.39, 0.29) is 5.57 Å². The van der Waals surface area contributed by atoms with E-state index in [1.807, 2.05) is 31.2 Å². The van der Waals surface area contributed by atoms with Crippen molar-refractivity contribution in [2.75, 3.05) is 0 Å². The van der Waals surface area contributed by atoms with Crippen LogP contribution in [-0.2, 0) is 4.79 Å². The zero-order chi connectivity index (χ0) is 13.1. The van der Waals surface area contributed by atoms with E-state index < -0.39 is 5.97 Å². The number of aliphatic carboxylic acids is 1. The van der Waals surface area contributed by atoms with Gasteiger partial charge >= 0.3 is 5.97 Å². The Morgan fingerprint density at radius 2 is 2.06 bits per heavy atom. The summed E-state index contributed by atoms with van der Waals surface area (Å²) < 4.78 is 0. The summed E-state index contributed by atoms with van der Waals surface area (Å²) in [6.07, 6.45) is 4.96. The number of aliphatic imine (C=N–C) groups is 1. The minimum atomic E-state index is -0.993. The molecule has 0 saturated heterocycles. The zero-order valence-corrected chi connectivity index (χ0v) is 10.1. The summed E-state index contributed by atoms with van der Waals surface area (Å²) in [6.45, 7) is 5.77. The number of carbonyl (C=O) groups is 1. The molecule has 3 heteroatoms. The maximum absolute atomic E-state index is 11.2. The Bertz CT molecular complexity index is 607. The topological polar surface area (TPSA) is 49.7 Å². The predicted molar refractivity (Wildman–Crippen MR) is 72.3 cm³/mol. The van der Waals surface area contributed by atoms with Crippen molar-refractivity contribution in [2.45, 2.75) is 6.92 Å². The molecule has 0 atom stereocenters. The lowest BCUT2D eigenvalue weighted by atomic mass is 9.98. The third-order valence-electron chi connectivity index (χ3n) is 2.70. The summed E-state index contributed by atoms with van der Waals surface area (Å²) >= 11 is 0. The van der Waals surface area contributed by atoms with Crippen molar-refractivity contribution in [2.24, 2.45) is 4.99 Å². The molecular weight excluding hydrogens is 226 g/mol. The van der Waals surface area contributed by atoms with Gasteiger partial charge in [0.05, 0.1) is 17.0 Å². The molecule has 1 aromatic rings. The van der Waals surface area contributed by atoms with E-state index in [0.29, 0.717) is 11.3 Å². The highest BCUT2D eigenvalue weighted by atomic mass is 16.4. The average molecular weight is 239 g/mol. The highest BCUT2D eigenvalue weighted by Crippen LogP contribution is 2.23. The lowest BCUT2D eigenvalue weighted by Gasteiger charge is -2.11. The van der Waals surface area contributed by atoms with Crippen molar-refractivity contribution in [3.05, 3.63) is 65.8 Å². The highest BCUT2D eigenvalue weighted by Gasteiger charge is 2.18. The van der Waals surface area contributed by atoms with E-state index >= 15 is 0 Å². The summed E-state index contributed by atoms with van der Waals surface area (Å²) in [5, 5.41) is 9.15. The maximum Gasteiger partial charge on any atom is 0.337 e. The number of para-hydroxylation sites is 1. The maximum atomic E-state index is 11.2. The largest absolute Gasteiger partial charge is 0.478 e. The van der Waals surface area contributed by atoms with Crippen molar-refractivity contribution >= 4 is 17.4 Å². The van der Waals surface area contributed by atoms with Crippen LogP contribution in [-0.4, -0.2) is 16.8 Å². The molecule has 1 N–H and O–H groups in total. The molecule has 0 saturated carbocycles. The van der Waals surface area contributed by atoms with E-state index in [9.17, 15) is 4.79 Å². The first kappa shape index (κ1) is 12.0. The predicted octanol–water partition coefficient (Wildman–Crippen LogP) is 3.20. The van der Waals surface area contributed by atoms with Gasteiger partial charge < -0.3 is 5.11 Å². The van der Waals surface area contributed by atoms with Crippen LogP contribution in [0.5, 0.6) is 0 Å². The quantitative estimate of drug-likeness (QED) is 0.861. The van der Waals surface area contributed by atoms with Crippen molar-refractivity contribution in [1.29, 1.82) is 0 Å². The average Bonchev–Trinajstić information content (AvgIpc) is 2.34. The number of carboxylic acid groups (broad SMARTS) is 1. The second kappa shape index (κ2) is 4.84. The van der Waals surface area contributed by atoms with Gasteiger partial charge in [0.1, 0.15) is 0 Å². The SMILES string of the molecule is C=C1C=CC=C(C(=O)O)/C1=N/c1ccccc1C. The van der Waals surface area contributed by atoms with Crippen LogP contribution in [0, 0.1) is 6.92 Å². The third-order valence-corrected chi connectivity index (χ3v) is 2.70. The molecule has 0 unspecified atom stereocenters. The minimum absolute atomic E-state index is 0.172. The van der Waals surface area contributed by atoms with Crippen molar-refractivity contribution in [3.8, 4) is 0 Å². The van der Waals surface area contributed by atoms with Crippen LogP contribution in [0.25, 0.3) is 0 Å². The Labute approximate surface area is 105 Å². The first-order valence-corrected chi connectivity index (χ1v) is 5.55. The number of hydrogen-bond acceptors (Lipinski definition) is 2. The molecule has 1 aromatic carbocycles. The number of rotatable bonds is 2. The number of nitrogens with zero attached hydrogens (tertiary/aromatic N) is 1. The Balaban J connectivity index is 2.52. The number of allylic oxidation sites excluding steroid dienone is 4. The van der Waals surface area contributed by atoms with Crippen LogP contribution in [0.2, 0.25) is 0 Å². The molecule has 90 valence electrons. The van der Waals surface area contributed by atoms with Crippen LogP contribution in [0.3, 0.4) is 0 Å². The summed E-state index contributed by atoms with van der Waals surface area (Å²) in [7, 11) is 0. The molecule has 0 radical (unpaired) electrons. The van der Waals surface area contributed by atoms with Crippen LogP contribution in [0.15, 0.2) is 65.2 Å². The Hall–Kier alpha value is -2.42. The summed E-state index contributed by atoms with van der Waals surface area (Å²) in [4.78, 5) is 15.6. The third kappa shape index (κ3) is 2.30. The number of benzene rings is 1. The molecule has 0 aliphatic heterocycles. The van der Waals surface area contributed by atoms with Crippen LogP contribution in [0.4, 0.5) is 5.69 Å². The van der Waals surface area contributed by atoms with Crippen LogP contribution < -0.4 is 0 Å². The molecule has 3 nitrogen and oxygen atoms in total. The van der Waals surface area contributed by atoms with Gasteiger partial charge in [-0.3, -0.25) is 0 Å². The fraction of sp³-hybridized carbons (Fsp3) is 0.0667. The molecule has 0 fully saturated rings. The van der Waals surface area contributed by atoms with E-state index in [1.54, 1.807) is 12.2 Å². The molecule has 1 aliphatic rings. The summed E-state index contributed by atoms with van der Waals surface area (Å²) in [6, 6.07) is 7.58. The van der Waals surface area contributed by atoms with Gasteiger partial charge in [-0.25, -0.2) is 9.79 Å². The number of carboxylic acids is 1. The molecule has 1 aliphatic carbocycles. The van der Waals surface area contributed by atoms with Crippen LogP contribution in [0.1, 0.15) is 5.56 Å². The van der Waals surface area contributed by atoms with Crippen LogP contribution >= 0.6 is 0 Å². The minimum Gasteiger partial charge on any atom is -0.478 e. The second-order valence-corrected chi connectivity index (χ2v) is 4.02. The summed E-state index contributed by atoms with van der Waals surface area (Å²) in [5.41, 5.74) is 2.95. The monoisotopic (exact) mass is 239 g/mol. The van der Waals surface area contributed by atoms with E-state index in [1.165, 1.54) is 6.08 Å². The Morgan fingerprint density at radius 3 is 2.72 bits per heavy atom. The van der Waals surface area contributed by atoms with Gasteiger partial charge in [-0.15, -0.1) is 0 Å². The lowest BCUT2D eigenvalue weighted by Crippen LogP contribution is -2.15. The van der Waals surface area contributed by atoms with Gasteiger partial charge in [0.15, 0.2) is 0 Å². The summed E-state index contributed by atoms with van der Waals surface area (Å²) in [5.74, 6) is -0.993. The van der Waals surface area contributed by atoms with Crippen molar-refractivity contribution < 1.29 is 9.90 Å². The first-order chi connectivity index (χ1) is 8.59. The smallest absolute Gasteiger partial charge is 0.337 e. The standard InChI is InChI=1S/C15H13NO2/c1-10-6-3-4-9-13(10)16-14-11(2)7-5-8-12(14)15(17)18/h3-9H,2H2,1H3,(H,17,18)/b16-14+. The van der Waals surface area contributed by atoms with Gasteiger partial charge in [-0.1, -0.05) is 36.9 Å². The van der Waals surface area contributed by atoms with E-state index in [2.05, 4.69) is 11.6 Å². The number of aryl methyl sites for hydroxylation is 1. The molecule has 0 bridgehead atoms. The van der Waals surface area contributed by atoms with E-state index in [0.717, 1.165) is 11.3 Å². The lowest BCUT2D eigenvalue weighted by molar-refractivity contribution is -0.132. The molecular formula is C15H13NO2. The molecule has 0 amide bonds. The molecule has 0 spiro atoms. The number of hydrogen-bond donors (Lipinski definition) is 1. The van der Waals surface area contributed by atoms with E-state index in [4.69, 9.17) is 5.11 Å². The fourth-order valence-electron chi connectivity index (χ4n) is 1.71. The molecule has 18 heavy (non-hydrogen) atoms. The fourth-order valence-corrected chi connectivity index (χ4v) is 1.71. The van der Waals surface area contributed by atoms with Crippen molar-refractivity contribution in [1.82, 2.24) is 0 Å². The van der Waals surface area contributed by atoms with Gasteiger partial charge in [0.2, 0.25) is 0 Å². The highest BCUT2D eigenvalue weighted by molar-refractivity contribution is 6.28. The molecule has 0 heterocycles.